The quantitative estimate of drug-likeness (QED) is 0.921. The molecule has 2 aromatic carbocycles. The topological polar surface area (TPSA) is 41.5 Å². The van der Waals surface area contributed by atoms with Crippen LogP contribution in [0.5, 0.6) is 0 Å². The molecule has 3 nitrogen and oxygen atoms in total. The number of amides is 1. The van der Waals surface area contributed by atoms with E-state index in [4.69, 9.17) is 11.6 Å². The van der Waals surface area contributed by atoms with Crippen LogP contribution in [0.2, 0.25) is 5.02 Å². The van der Waals surface area contributed by atoms with E-state index in [2.05, 4.69) is 10.3 Å². The van der Waals surface area contributed by atoms with Gasteiger partial charge in [0.15, 0.2) is 0 Å². The molecule has 0 aliphatic carbocycles. The molecule has 3 rings (SSSR count). The summed E-state index contributed by atoms with van der Waals surface area (Å²) in [7, 11) is 0. The van der Waals surface area contributed by atoms with Crippen LogP contribution in [0.15, 0.2) is 59.6 Å². The fourth-order valence-corrected chi connectivity index (χ4v) is 2.94. The van der Waals surface area contributed by atoms with Crippen molar-refractivity contribution in [2.45, 2.75) is 25.4 Å². The van der Waals surface area contributed by atoms with E-state index in [0.29, 0.717) is 11.6 Å². The Bertz CT molecular complexity index is 712. The first kappa shape index (κ1) is 14.8. The molecule has 0 radical (unpaired) electrons. The predicted octanol–water partition coefficient (Wildman–Crippen LogP) is 3.58. The second kappa shape index (κ2) is 6.32. The molecule has 1 N–H and O–H groups in total. The maximum absolute atomic E-state index is 12.4. The lowest BCUT2D eigenvalue weighted by molar-refractivity contribution is -0.123. The number of hydrogen-bond donors (Lipinski definition) is 1. The van der Waals surface area contributed by atoms with Crippen LogP contribution in [0.3, 0.4) is 0 Å². The van der Waals surface area contributed by atoms with Gasteiger partial charge in [0.1, 0.15) is 6.04 Å². The summed E-state index contributed by atoms with van der Waals surface area (Å²) in [4.78, 5) is 16.7. The second-order valence-corrected chi connectivity index (χ2v) is 5.89. The summed E-state index contributed by atoms with van der Waals surface area (Å²) in [6.07, 6.45) is 0. The maximum Gasteiger partial charge on any atom is 0.246 e. The first-order chi connectivity index (χ1) is 10.6. The molecule has 1 aliphatic rings. The van der Waals surface area contributed by atoms with Crippen molar-refractivity contribution < 1.29 is 4.79 Å². The van der Waals surface area contributed by atoms with Gasteiger partial charge in [0, 0.05) is 17.3 Å². The Morgan fingerprint density at radius 2 is 1.95 bits per heavy atom. The van der Waals surface area contributed by atoms with Gasteiger partial charge < -0.3 is 5.32 Å². The standard InChI is InChI=1S/C18H17ClN2O/c1-12-16(14-8-5-9-15(19)10-14)17(21-12)18(22)20-11-13-6-3-2-4-7-13/h2-10,16-17H,11H2,1H3,(H,20,22)/t16-,17+/m1/s1. The van der Waals surface area contributed by atoms with E-state index in [9.17, 15) is 4.79 Å². The molecule has 0 fully saturated rings. The third kappa shape index (κ3) is 3.04. The molecule has 2 atom stereocenters. The molecular weight excluding hydrogens is 296 g/mol. The summed E-state index contributed by atoms with van der Waals surface area (Å²) < 4.78 is 0. The maximum atomic E-state index is 12.4. The summed E-state index contributed by atoms with van der Waals surface area (Å²) in [5, 5.41) is 3.64. The number of nitrogens with zero attached hydrogens (tertiary/aromatic N) is 1. The Morgan fingerprint density at radius 3 is 2.64 bits per heavy atom. The van der Waals surface area contributed by atoms with E-state index in [0.717, 1.165) is 16.8 Å². The molecule has 1 heterocycles. The molecule has 112 valence electrons. The molecule has 2 aromatic rings. The van der Waals surface area contributed by atoms with E-state index in [1.807, 2.05) is 61.5 Å². The van der Waals surface area contributed by atoms with Crippen LogP contribution in [0.1, 0.15) is 24.0 Å². The zero-order valence-electron chi connectivity index (χ0n) is 12.3. The second-order valence-electron chi connectivity index (χ2n) is 5.45. The lowest BCUT2D eigenvalue weighted by atomic mass is 9.82. The van der Waals surface area contributed by atoms with Crippen LogP contribution >= 0.6 is 11.6 Å². The number of carbonyl (C=O) groups excluding carboxylic acids is 1. The van der Waals surface area contributed by atoms with Crippen molar-refractivity contribution in [1.29, 1.82) is 0 Å². The van der Waals surface area contributed by atoms with Crippen LogP contribution in [-0.2, 0) is 11.3 Å². The van der Waals surface area contributed by atoms with E-state index < -0.39 is 0 Å². The Labute approximate surface area is 135 Å². The van der Waals surface area contributed by atoms with Gasteiger partial charge in [0.25, 0.3) is 0 Å². The summed E-state index contributed by atoms with van der Waals surface area (Å²) in [6, 6.07) is 17.1. The van der Waals surface area contributed by atoms with Gasteiger partial charge in [-0.1, -0.05) is 54.1 Å². The highest BCUT2D eigenvalue weighted by atomic mass is 35.5. The van der Waals surface area contributed by atoms with Crippen molar-refractivity contribution in [1.82, 2.24) is 5.32 Å². The van der Waals surface area contributed by atoms with Gasteiger partial charge in [-0.25, -0.2) is 0 Å². The van der Waals surface area contributed by atoms with Gasteiger partial charge in [-0.05, 0) is 30.2 Å². The van der Waals surface area contributed by atoms with Crippen molar-refractivity contribution in [3.63, 3.8) is 0 Å². The number of hydrogen-bond acceptors (Lipinski definition) is 2. The average Bonchev–Trinajstić information content (AvgIpc) is 2.51. The SMILES string of the molecule is CC1=N[C@H](C(=O)NCc2ccccc2)[C@H]1c1cccc(Cl)c1. The van der Waals surface area contributed by atoms with Crippen LogP contribution in [0, 0.1) is 0 Å². The zero-order chi connectivity index (χ0) is 15.5. The van der Waals surface area contributed by atoms with Crippen LogP contribution in [-0.4, -0.2) is 17.7 Å². The van der Waals surface area contributed by atoms with Gasteiger partial charge >= 0.3 is 0 Å². The molecule has 1 aliphatic heterocycles. The van der Waals surface area contributed by atoms with Crippen LogP contribution in [0.4, 0.5) is 0 Å². The third-order valence-electron chi connectivity index (χ3n) is 3.89. The highest BCUT2D eigenvalue weighted by Gasteiger charge is 2.38. The molecule has 0 aromatic heterocycles. The molecular formula is C18H17ClN2O. The third-order valence-corrected chi connectivity index (χ3v) is 4.13. The summed E-state index contributed by atoms with van der Waals surface area (Å²) >= 11 is 6.05. The number of carbonyl (C=O) groups is 1. The Balaban J connectivity index is 1.68. The van der Waals surface area contributed by atoms with Crippen LogP contribution in [0.25, 0.3) is 0 Å². The Kier molecular flexibility index (Phi) is 4.25. The minimum atomic E-state index is -0.359. The first-order valence-electron chi connectivity index (χ1n) is 7.26. The lowest BCUT2D eigenvalue weighted by Gasteiger charge is -2.32. The smallest absolute Gasteiger partial charge is 0.246 e. The first-order valence-corrected chi connectivity index (χ1v) is 7.64. The molecule has 4 heteroatoms. The normalized spacial score (nSPS) is 20.0. The molecule has 0 unspecified atom stereocenters. The van der Waals surface area contributed by atoms with Gasteiger partial charge in [0.05, 0.1) is 5.92 Å². The van der Waals surface area contributed by atoms with Crippen molar-refractivity contribution in [2.24, 2.45) is 4.99 Å². The largest absolute Gasteiger partial charge is 0.350 e. The molecule has 0 spiro atoms. The highest BCUT2D eigenvalue weighted by Crippen LogP contribution is 2.33. The van der Waals surface area contributed by atoms with Gasteiger partial charge in [-0.3, -0.25) is 9.79 Å². The monoisotopic (exact) mass is 312 g/mol. The molecule has 0 bridgehead atoms. The van der Waals surface area contributed by atoms with E-state index in [1.54, 1.807) is 0 Å². The Hall–Kier alpha value is -2.13. The molecule has 0 saturated carbocycles. The number of rotatable bonds is 4. The van der Waals surface area contributed by atoms with Gasteiger partial charge in [-0.15, -0.1) is 0 Å². The van der Waals surface area contributed by atoms with E-state index in [-0.39, 0.29) is 17.9 Å². The van der Waals surface area contributed by atoms with E-state index in [1.165, 1.54) is 0 Å². The average molecular weight is 313 g/mol. The zero-order valence-corrected chi connectivity index (χ0v) is 13.0. The van der Waals surface area contributed by atoms with Crippen molar-refractivity contribution >= 4 is 23.2 Å². The van der Waals surface area contributed by atoms with Crippen molar-refractivity contribution in [2.75, 3.05) is 0 Å². The molecule has 0 saturated heterocycles. The Morgan fingerprint density at radius 1 is 1.18 bits per heavy atom. The fourth-order valence-electron chi connectivity index (χ4n) is 2.74. The van der Waals surface area contributed by atoms with E-state index >= 15 is 0 Å². The molecule has 1 amide bonds. The lowest BCUT2D eigenvalue weighted by Crippen LogP contribution is -2.45. The minimum Gasteiger partial charge on any atom is -0.350 e. The van der Waals surface area contributed by atoms with Crippen molar-refractivity contribution in [3.05, 3.63) is 70.7 Å². The summed E-state index contributed by atoms with van der Waals surface area (Å²) in [5.74, 6) is -0.0195. The number of halogens is 1. The van der Waals surface area contributed by atoms with Crippen molar-refractivity contribution in [3.8, 4) is 0 Å². The fraction of sp³-hybridized carbons (Fsp3) is 0.222. The number of aliphatic imine (C=N–C) groups is 1. The number of nitrogens with one attached hydrogen (secondary N) is 1. The minimum absolute atomic E-state index is 0.0227. The van der Waals surface area contributed by atoms with Crippen LogP contribution < -0.4 is 5.32 Å². The predicted molar refractivity (Wildman–Crippen MR) is 89.4 cm³/mol. The van der Waals surface area contributed by atoms with Gasteiger partial charge in [-0.2, -0.15) is 0 Å². The summed E-state index contributed by atoms with van der Waals surface area (Å²) in [6.45, 7) is 2.47. The molecule has 22 heavy (non-hydrogen) atoms. The summed E-state index contributed by atoms with van der Waals surface area (Å²) in [5.41, 5.74) is 3.09. The highest BCUT2D eigenvalue weighted by molar-refractivity contribution is 6.30. The van der Waals surface area contributed by atoms with Gasteiger partial charge in [0.2, 0.25) is 5.91 Å². The number of benzene rings is 2.